The topological polar surface area (TPSA) is 120 Å². The predicted octanol–water partition coefficient (Wildman–Crippen LogP) is 5.65. The number of rotatable bonds is 8. The van der Waals surface area contributed by atoms with Crippen molar-refractivity contribution in [3.8, 4) is 0 Å². The van der Waals surface area contributed by atoms with E-state index in [1.807, 2.05) is 31.6 Å². The molecule has 4 rings (SSSR count). The van der Waals surface area contributed by atoms with Crippen molar-refractivity contribution in [2.24, 2.45) is 0 Å². The maximum Gasteiger partial charge on any atom is 0.328 e. The van der Waals surface area contributed by atoms with Gasteiger partial charge in [0.15, 0.2) is 5.03 Å². The number of sulfonamides is 1. The number of piperidine rings is 1. The lowest BCUT2D eigenvalue weighted by atomic mass is 9.89. The summed E-state index contributed by atoms with van der Waals surface area (Å²) in [6.45, 7) is 6.77. The number of nitrogens with one attached hydrogen (secondary N) is 3. The van der Waals surface area contributed by atoms with Crippen LogP contribution < -0.4 is 15.4 Å². The summed E-state index contributed by atoms with van der Waals surface area (Å²) in [4.78, 5) is 31.5. The number of amides is 3. The smallest absolute Gasteiger partial charge is 0.328 e. The summed E-state index contributed by atoms with van der Waals surface area (Å²) in [5.74, 6) is -0.395. The summed E-state index contributed by atoms with van der Waals surface area (Å²) < 4.78 is 41.2. The zero-order valence-corrected chi connectivity index (χ0v) is 24.7. The fraction of sp³-hybridized carbons (Fsp3) is 0.345. The third-order valence-corrected chi connectivity index (χ3v) is 8.68. The van der Waals surface area contributed by atoms with E-state index in [9.17, 15) is 22.4 Å². The molecule has 0 atom stereocenters. The summed E-state index contributed by atoms with van der Waals surface area (Å²) in [6, 6.07) is 10.4. The Morgan fingerprint density at radius 2 is 1.73 bits per heavy atom. The number of hydrogen-bond acceptors (Lipinski definition) is 6. The minimum absolute atomic E-state index is 0.187. The van der Waals surface area contributed by atoms with E-state index in [1.54, 1.807) is 23.1 Å². The minimum Gasteiger partial charge on any atom is -0.355 e. The summed E-state index contributed by atoms with van der Waals surface area (Å²) in [5, 5.41) is 5.81. The second kappa shape index (κ2) is 12.9. The summed E-state index contributed by atoms with van der Waals surface area (Å²) >= 11 is 6.26. The monoisotopic (exact) mass is 601 g/mol. The Hall–Kier alpha value is -3.70. The van der Waals surface area contributed by atoms with Crippen molar-refractivity contribution in [1.29, 1.82) is 0 Å². The Bertz CT molecular complexity index is 1540. The molecule has 0 spiro atoms. The van der Waals surface area contributed by atoms with Crippen LogP contribution in [0.5, 0.6) is 0 Å². The number of halogens is 2. The highest BCUT2D eigenvalue weighted by Gasteiger charge is 2.28. The molecule has 1 aliphatic heterocycles. The molecule has 0 radical (unpaired) electrons. The predicted molar refractivity (Wildman–Crippen MR) is 157 cm³/mol. The first-order valence-corrected chi connectivity index (χ1v) is 15.2. The molecule has 41 heavy (non-hydrogen) atoms. The number of aryl methyl sites for hydroxylation is 2. The van der Waals surface area contributed by atoms with Gasteiger partial charge in [-0.2, -0.15) is 8.42 Å². The van der Waals surface area contributed by atoms with Crippen LogP contribution in [0.1, 0.15) is 59.2 Å². The van der Waals surface area contributed by atoms with Gasteiger partial charge in [0.25, 0.3) is 15.9 Å². The Morgan fingerprint density at radius 1 is 1.05 bits per heavy atom. The molecule has 3 N–H and O–H groups in total. The summed E-state index contributed by atoms with van der Waals surface area (Å²) in [6.07, 6.45) is 3.25. The quantitative estimate of drug-likeness (QED) is 0.307. The Morgan fingerprint density at radius 3 is 2.39 bits per heavy atom. The number of benzene rings is 2. The maximum absolute atomic E-state index is 13.7. The molecule has 3 amide bonds. The fourth-order valence-electron chi connectivity index (χ4n) is 4.69. The highest BCUT2D eigenvalue weighted by Crippen LogP contribution is 2.32. The lowest BCUT2D eigenvalue weighted by molar-refractivity contribution is 0.0713. The van der Waals surface area contributed by atoms with Gasteiger partial charge in [0.2, 0.25) is 0 Å². The molecule has 1 aromatic heterocycles. The van der Waals surface area contributed by atoms with Crippen LogP contribution in [-0.2, 0) is 10.0 Å². The van der Waals surface area contributed by atoms with Crippen LogP contribution in [0.25, 0.3) is 0 Å². The van der Waals surface area contributed by atoms with E-state index < -0.39 is 21.1 Å². The molecule has 1 saturated heterocycles. The molecule has 218 valence electrons. The molecule has 0 unspecified atom stereocenters. The van der Waals surface area contributed by atoms with Crippen molar-refractivity contribution in [3.05, 3.63) is 81.8 Å². The Balaban J connectivity index is 1.62. The van der Waals surface area contributed by atoms with Gasteiger partial charge in [-0.25, -0.2) is 18.9 Å². The fourth-order valence-corrected chi connectivity index (χ4v) is 5.79. The molecule has 9 nitrogen and oxygen atoms in total. The highest BCUT2D eigenvalue weighted by molar-refractivity contribution is 7.90. The molecule has 3 aromatic rings. The van der Waals surface area contributed by atoms with Crippen molar-refractivity contribution in [2.45, 2.75) is 51.0 Å². The number of anilines is 2. The normalized spacial score (nSPS) is 14.0. The molecule has 12 heteroatoms. The van der Waals surface area contributed by atoms with Crippen molar-refractivity contribution >= 4 is 44.9 Å². The number of carbonyl (C=O) groups is 2. The van der Waals surface area contributed by atoms with Crippen LogP contribution in [0.4, 0.5) is 20.6 Å². The number of nitrogens with zero attached hydrogens (tertiary/aromatic N) is 2. The van der Waals surface area contributed by atoms with Crippen LogP contribution in [0.15, 0.2) is 53.7 Å². The third-order valence-electron chi connectivity index (χ3n) is 7.05. The van der Waals surface area contributed by atoms with Gasteiger partial charge in [0.1, 0.15) is 5.82 Å². The molecule has 0 aliphatic carbocycles. The van der Waals surface area contributed by atoms with Crippen LogP contribution >= 0.6 is 11.6 Å². The number of pyridine rings is 1. The first kappa shape index (κ1) is 30.3. The number of likely N-dealkylation sites (tertiary alicyclic amines) is 1. The molecular weight excluding hydrogens is 569 g/mol. The highest BCUT2D eigenvalue weighted by atomic mass is 35.5. The van der Waals surface area contributed by atoms with Crippen LogP contribution in [0, 0.1) is 19.7 Å². The van der Waals surface area contributed by atoms with Crippen molar-refractivity contribution in [2.75, 3.05) is 25.0 Å². The SMILES string of the molecule is CCCNC(=O)NS(=O)(=O)c1cc(Nc2cc(C)c(Cl)cc2C)c(C(=O)N2CCC(c3ccc(F)cc3)CC2)cn1. The first-order valence-electron chi connectivity index (χ1n) is 13.4. The van der Waals surface area contributed by atoms with Crippen molar-refractivity contribution in [1.82, 2.24) is 19.9 Å². The molecule has 0 bridgehead atoms. The molecule has 0 saturated carbocycles. The van der Waals surface area contributed by atoms with Crippen LogP contribution in [0.3, 0.4) is 0 Å². The van der Waals surface area contributed by atoms with Gasteiger partial charge in [-0.15, -0.1) is 0 Å². The van der Waals surface area contributed by atoms with Crippen LogP contribution in [0.2, 0.25) is 5.02 Å². The number of urea groups is 1. The van der Waals surface area contributed by atoms with E-state index in [0.717, 1.165) is 16.7 Å². The van der Waals surface area contributed by atoms with Gasteiger partial charge in [-0.3, -0.25) is 4.79 Å². The minimum atomic E-state index is -4.32. The molecule has 2 aromatic carbocycles. The Labute approximate surface area is 244 Å². The molecule has 1 fully saturated rings. The lowest BCUT2D eigenvalue weighted by Gasteiger charge is -2.32. The van der Waals surface area contributed by atoms with Gasteiger partial charge in [0.05, 0.1) is 11.3 Å². The van der Waals surface area contributed by atoms with Gasteiger partial charge in [0, 0.05) is 42.6 Å². The summed E-state index contributed by atoms with van der Waals surface area (Å²) in [7, 11) is -4.32. The van der Waals surface area contributed by atoms with E-state index in [0.29, 0.717) is 49.6 Å². The van der Waals surface area contributed by atoms with Gasteiger partial charge in [-0.1, -0.05) is 30.7 Å². The van der Waals surface area contributed by atoms with Gasteiger partial charge >= 0.3 is 6.03 Å². The number of carbonyl (C=O) groups excluding carboxylic acids is 2. The maximum atomic E-state index is 13.7. The average molecular weight is 602 g/mol. The van der Waals surface area contributed by atoms with E-state index in [2.05, 4.69) is 15.6 Å². The zero-order chi connectivity index (χ0) is 29.7. The second-order valence-electron chi connectivity index (χ2n) is 10.1. The van der Waals surface area contributed by atoms with E-state index in [-0.39, 0.29) is 28.9 Å². The average Bonchev–Trinajstić information content (AvgIpc) is 2.94. The van der Waals surface area contributed by atoms with Gasteiger partial charge < -0.3 is 15.5 Å². The summed E-state index contributed by atoms with van der Waals surface area (Å²) in [5.41, 5.74) is 3.67. The van der Waals surface area contributed by atoms with E-state index >= 15 is 0 Å². The first-order chi connectivity index (χ1) is 19.5. The molecule has 2 heterocycles. The number of aromatic nitrogens is 1. The molecule has 1 aliphatic rings. The standard InChI is InChI=1S/C29H33ClFN5O4S/c1-4-11-32-29(38)35-41(39,40)27-16-26(34-25-15-18(2)24(30)14-19(25)3)23(17-33-27)28(37)36-12-9-21(10-13-36)20-5-7-22(31)8-6-20/h5-8,14-17,21H,4,9-13H2,1-3H3,(H,33,34)(H2,32,35,38). The van der Waals surface area contributed by atoms with E-state index in [4.69, 9.17) is 11.6 Å². The van der Waals surface area contributed by atoms with Crippen LogP contribution in [-0.4, -0.2) is 49.9 Å². The largest absolute Gasteiger partial charge is 0.355 e. The zero-order valence-electron chi connectivity index (χ0n) is 23.1. The Kier molecular flexibility index (Phi) is 9.49. The molecular formula is C29H33ClFN5O4S. The number of hydrogen-bond donors (Lipinski definition) is 3. The van der Waals surface area contributed by atoms with Crippen molar-refractivity contribution < 1.29 is 22.4 Å². The third kappa shape index (κ3) is 7.34. The lowest BCUT2D eigenvalue weighted by Crippen LogP contribution is -2.40. The van der Waals surface area contributed by atoms with Gasteiger partial charge in [-0.05, 0) is 80.0 Å². The van der Waals surface area contributed by atoms with E-state index in [1.165, 1.54) is 24.4 Å². The van der Waals surface area contributed by atoms with Crippen molar-refractivity contribution in [3.63, 3.8) is 0 Å². The second-order valence-corrected chi connectivity index (χ2v) is 12.1.